The van der Waals surface area contributed by atoms with Crippen LogP contribution >= 0.6 is 0 Å². The van der Waals surface area contributed by atoms with Crippen LogP contribution in [-0.4, -0.2) is 23.8 Å². The summed E-state index contributed by atoms with van der Waals surface area (Å²) in [6.45, 7) is 8.17. The summed E-state index contributed by atoms with van der Waals surface area (Å²) in [7, 11) is 0. The molecular weight excluding hydrogens is 228 g/mol. The van der Waals surface area contributed by atoms with E-state index in [4.69, 9.17) is 9.47 Å². The van der Waals surface area contributed by atoms with Crippen molar-refractivity contribution in [3.63, 3.8) is 0 Å². The highest BCUT2D eigenvalue weighted by molar-refractivity contribution is 5.91. The molecule has 0 saturated carbocycles. The molecule has 0 radical (unpaired) electrons. The molecule has 98 valence electrons. The van der Waals surface area contributed by atoms with E-state index in [2.05, 4.69) is 26.5 Å². The van der Waals surface area contributed by atoms with E-state index in [1.807, 2.05) is 0 Å². The van der Waals surface area contributed by atoms with E-state index < -0.39 is 0 Å². The average Bonchev–Trinajstić information content (AvgIpc) is 2.90. The maximum atomic E-state index is 11.7. The SMILES string of the molecule is C=C1C(=O)OC2C3OC3(C)CC/C=C(/C)CC[C@@H]12. The predicted octanol–water partition coefficient (Wildman–Crippen LogP) is 2.76. The van der Waals surface area contributed by atoms with Gasteiger partial charge in [-0.2, -0.15) is 0 Å². The summed E-state index contributed by atoms with van der Waals surface area (Å²) in [4.78, 5) is 11.7. The van der Waals surface area contributed by atoms with Crippen LogP contribution in [0.3, 0.4) is 0 Å². The van der Waals surface area contributed by atoms with E-state index in [1.54, 1.807) is 0 Å². The number of rotatable bonds is 0. The average molecular weight is 248 g/mol. The van der Waals surface area contributed by atoms with Gasteiger partial charge in [0.25, 0.3) is 0 Å². The van der Waals surface area contributed by atoms with Crippen molar-refractivity contribution < 1.29 is 14.3 Å². The first kappa shape index (κ1) is 12.0. The Labute approximate surface area is 108 Å². The molecule has 2 heterocycles. The summed E-state index contributed by atoms with van der Waals surface area (Å²) in [5, 5.41) is 0. The van der Waals surface area contributed by atoms with Gasteiger partial charge in [-0.3, -0.25) is 0 Å². The van der Waals surface area contributed by atoms with Gasteiger partial charge in [-0.1, -0.05) is 18.2 Å². The van der Waals surface area contributed by atoms with Gasteiger partial charge in [0.1, 0.15) is 12.2 Å². The Morgan fingerprint density at radius 3 is 3.06 bits per heavy atom. The Kier molecular flexibility index (Phi) is 2.63. The number of epoxide rings is 1. The highest BCUT2D eigenvalue weighted by atomic mass is 16.6. The fourth-order valence-corrected chi connectivity index (χ4v) is 3.20. The molecule has 0 spiro atoms. The Morgan fingerprint density at radius 1 is 1.50 bits per heavy atom. The van der Waals surface area contributed by atoms with Crippen LogP contribution in [0.5, 0.6) is 0 Å². The number of allylic oxidation sites excluding steroid dienone is 2. The Bertz CT molecular complexity index is 437. The minimum Gasteiger partial charge on any atom is -0.455 e. The van der Waals surface area contributed by atoms with Crippen molar-refractivity contribution >= 4 is 5.97 Å². The topological polar surface area (TPSA) is 38.8 Å². The predicted molar refractivity (Wildman–Crippen MR) is 68.0 cm³/mol. The molecule has 3 nitrogen and oxygen atoms in total. The molecule has 0 aromatic heterocycles. The van der Waals surface area contributed by atoms with Crippen molar-refractivity contribution in [2.75, 3.05) is 0 Å². The lowest BCUT2D eigenvalue weighted by Gasteiger charge is -2.19. The fraction of sp³-hybridized carbons (Fsp3) is 0.667. The molecule has 2 fully saturated rings. The van der Waals surface area contributed by atoms with Gasteiger partial charge in [0.05, 0.1) is 5.60 Å². The van der Waals surface area contributed by atoms with Gasteiger partial charge in [0.2, 0.25) is 0 Å². The highest BCUT2D eigenvalue weighted by Crippen LogP contribution is 2.49. The Hall–Kier alpha value is -1.09. The molecule has 0 aromatic rings. The molecule has 3 rings (SSSR count). The van der Waals surface area contributed by atoms with Crippen LogP contribution in [0.1, 0.15) is 39.5 Å². The van der Waals surface area contributed by atoms with Gasteiger partial charge in [0.15, 0.2) is 0 Å². The maximum absolute atomic E-state index is 11.7. The van der Waals surface area contributed by atoms with Crippen molar-refractivity contribution in [2.45, 2.75) is 57.3 Å². The first-order valence-corrected chi connectivity index (χ1v) is 6.74. The highest BCUT2D eigenvalue weighted by Gasteiger charge is 2.61. The largest absolute Gasteiger partial charge is 0.455 e. The third-order valence-electron chi connectivity index (χ3n) is 4.57. The molecule has 1 aliphatic carbocycles. The van der Waals surface area contributed by atoms with Gasteiger partial charge >= 0.3 is 5.97 Å². The normalized spacial score (nSPS) is 46.6. The Morgan fingerprint density at radius 2 is 2.28 bits per heavy atom. The van der Waals surface area contributed by atoms with Gasteiger partial charge < -0.3 is 9.47 Å². The quantitative estimate of drug-likeness (QED) is 0.286. The second-order valence-electron chi connectivity index (χ2n) is 5.98. The van der Waals surface area contributed by atoms with Crippen LogP contribution in [-0.2, 0) is 14.3 Å². The number of esters is 1. The van der Waals surface area contributed by atoms with Crippen molar-refractivity contribution in [1.29, 1.82) is 0 Å². The van der Waals surface area contributed by atoms with Crippen LogP contribution in [0, 0.1) is 5.92 Å². The van der Waals surface area contributed by atoms with Crippen molar-refractivity contribution in [3.8, 4) is 0 Å². The van der Waals surface area contributed by atoms with Crippen LogP contribution in [0.2, 0.25) is 0 Å². The smallest absolute Gasteiger partial charge is 0.334 e. The second-order valence-corrected chi connectivity index (χ2v) is 5.98. The van der Waals surface area contributed by atoms with E-state index in [0.717, 1.165) is 25.7 Å². The number of hydrogen-bond donors (Lipinski definition) is 0. The fourth-order valence-electron chi connectivity index (χ4n) is 3.20. The molecule has 3 heteroatoms. The molecule has 0 bridgehead atoms. The summed E-state index contributed by atoms with van der Waals surface area (Å²) in [5.41, 5.74) is 1.91. The monoisotopic (exact) mass is 248 g/mol. The molecule has 3 aliphatic rings. The van der Waals surface area contributed by atoms with Gasteiger partial charge in [-0.15, -0.1) is 0 Å². The Balaban J connectivity index is 1.87. The van der Waals surface area contributed by atoms with Crippen LogP contribution in [0.4, 0.5) is 0 Å². The summed E-state index contributed by atoms with van der Waals surface area (Å²) in [5.74, 6) is -0.102. The molecule has 0 amide bonds. The molecule has 4 atom stereocenters. The summed E-state index contributed by atoms with van der Waals surface area (Å²) < 4.78 is 11.3. The molecule has 0 N–H and O–H groups in total. The van der Waals surface area contributed by atoms with Crippen molar-refractivity contribution in [2.24, 2.45) is 5.92 Å². The number of fused-ring (bicyclic) bond motifs is 3. The minimum absolute atomic E-state index is 0.0671. The lowest BCUT2D eigenvalue weighted by molar-refractivity contribution is -0.140. The van der Waals surface area contributed by atoms with Crippen LogP contribution in [0.15, 0.2) is 23.8 Å². The molecule has 2 aliphatic heterocycles. The molecular formula is C15H20O3. The second kappa shape index (κ2) is 3.95. The van der Waals surface area contributed by atoms with E-state index in [0.29, 0.717) is 5.57 Å². The van der Waals surface area contributed by atoms with Crippen LogP contribution < -0.4 is 0 Å². The van der Waals surface area contributed by atoms with E-state index >= 15 is 0 Å². The number of ether oxygens (including phenoxy) is 2. The first-order valence-electron chi connectivity index (χ1n) is 6.74. The lowest BCUT2D eigenvalue weighted by atomic mass is 9.84. The minimum atomic E-state index is -0.233. The zero-order valence-corrected chi connectivity index (χ0v) is 11.1. The van der Waals surface area contributed by atoms with E-state index in [1.165, 1.54) is 5.57 Å². The number of hydrogen-bond acceptors (Lipinski definition) is 3. The van der Waals surface area contributed by atoms with Crippen molar-refractivity contribution in [3.05, 3.63) is 23.8 Å². The van der Waals surface area contributed by atoms with Crippen molar-refractivity contribution in [1.82, 2.24) is 0 Å². The zero-order chi connectivity index (χ0) is 12.9. The standard InChI is InChI=1S/C15H20O3/c1-9-5-4-8-15(3)13(18-15)12-11(7-6-9)10(2)14(16)17-12/h5,11-13H,2,4,6-8H2,1,3H3/b9-5-/t11-,12?,13?,15?/m0/s1. The molecule has 18 heavy (non-hydrogen) atoms. The third-order valence-corrected chi connectivity index (χ3v) is 4.57. The number of carbonyl (C=O) groups is 1. The molecule has 3 unspecified atom stereocenters. The van der Waals surface area contributed by atoms with E-state index in [9.17, 15) is 4.79 Å². The number of carbonyl (C=O) groups excluding carboxylic acids is 1. The van der Waals surface area contributed by atoms with Gasteiger partial charge in [-0.25, -0.2) is 4.79 Å². The summed E-state index contributed by atoms with van der Waals surface area (Å²) in [6.07, 6.45) is 6.25. The zero-order valence-electron chi connectivity index (χ0n) is 11.1. The van der Waals surface area contributed by atoms with Gasteiger partial charge in [0, 0.05) is 11.5 Å². The first-order chi connectivity index (χ1) is 8.51. The molecule has 0 aromatic carbocycles. The maximum Gasteiger partial charge on any atom is 0.334 e. The van der Waals surface area contributed by atoms with E-state index in [-0.39, 0.29) is 29.7 Å². The van der Waals surface area contributed by atoms with Crippen LogP contribution in [0.25, 0.3) is 0 Å². The lowest BCUT2D eigenvalue weighted by Crippen LogP contribution is -2.28. The molecule has 2 saturated heterocycles. The van der Waals surface area contributed by atoms with Gasteiger partial charge in [-0.05, 0) is 39.5 Å². The summed E-state index contributed by atoms with van der Waals surface area (Å²) >= 11 is 0. The third kappa shape index (κ3) is 1.81. The summed E-state index contributed by atoms with van der Waals surface area (Å²) in [6, 6.07) is 0.